The Morgan fingerprint density at radius 2 is 1.87 bits per heavy atom. The Balaban J connectivity index is 2.11. The van der Waals surface area contributed by atoms with Gasteiger partial charge in [-0.25, -0.2) is 9.18 Å². The molecule has 0 amide bonds. The van der Waals surface area contributed by atoms with E-state index < -0.39 is 22.5 Å². The van der Waals surface area contributed by atoms with Crippen LogP contribution in [0.5, 0.6) is 5.75 Å². The van der Waals surface area contributed by atoms with Crippen LogP contribution >= 0.6 is 11.3 Å². The van der Waals surface area contributed by atoms with E-state index in [4.69, 9.17) is 4.74 Å². The van der Waals surface area contributed by atoms with Crippen molar-refractivity contribution in [1.29, 1.82) is 0 Å². The monoisotopic (exact) mass is 438 g/mol. The number of benzene rings is 2. The van der Waals surface area contributed by atoms with Gasteiger partial charge in [0.2, 0.25) is 0 Å². The summed E-state index contributed by atoms with van der Waals surface area (Å²) in [6, 6.07) is 8.60. The largest absolute Gasteiger partial charge is 0.496 e. The van der Waals surface area contributed by atoms with Crippen LogP contribution in [0.3, 0.4) is 0 Å². The van der Waals surface area contributed by atoms with Gasteiger partial charge in [0.25, 0.3) is 5.56 Å². The van der Waals surface area contributed by atoms with Gasteiger partial charge in [0.1, 0.15) is 5.75 Å². The average molecular weight is 439 g/mol. The summed E-state index contributed by atoms with van der Waals surface area (Å²) in [5.41, 5.74) is 1.30. The van der Waals surface area contributed by atoms with Gasteiger partial charge in [-0.2, -0.15) is 0 Å². The van der Waals surface area contributed by atoms with Gasteiger partial charge in [0.15, 0.2) is 5.82 Å². The van der Waals surface area contributed by atoms with E-state index in [0.29, 0.717) is 11.3 Å². The molecule has 0 aliphatic heterocycles. The smallest absolute Gasteiger partial charge is 0.333 e. The topological polar surface area (TPSA) is 64.1 Å². The van der Waals surface area contributed by atoms with Crippen molar-refractivity contribution in [2.24, 2.45) is 0 Å². The minimum atomic E-state index is -0.702. The van der Waals surface area contributed by atoms with Crippen molar-refractivity contribution < 1.29 is 9.13 Å². The molecule has 0 bridgehead atoms. The number of fused-ring (bicyclic) bond motifs is 1. The standard InChI is InChI=1S/C24H23FN2O3S/c1-13-12-31-18-10-14(6-7-15(13)18)20-21(25)17(27-9-8-19(28)26-23(27)29)11-16(22(20)30-5)24(2,3)4/h6-12H,1-5H3,(H,26,28,29). The summed E-state index contributed by atoms with van der Waals surface area (Å²) >= 11 is 1.60. The molecule has 0 saturated heterocycles. The van der Waals surface area contributed by atoms with Crippen molar-refractivity contribution in [2.75, 3.05) is 7.11 Å². The zero-order chi connectivity index (χ0) is 22.5. The number of methoxy groups -OCH3 is 1. The van der Waals surface area contributed by atoms with Crippen molar-refractivity contribution in [3.63, 3.8) is 0 Å². The lowest BCUT2D eigenvalue weighted by atomic mass is 9.83. The van der Waals surface area contributed by atoms with Crippen LogP contribution in [-0.2, 0) is 5.41 Å². The summed E-state index contributed by atoms with van der Waals surface area (Å²) in [4.78, 5) is 26.2. The number of rotatable bonds is 3. The zero-order valence-corrected chi connectivity index (χ0v) is 18.8. The predicted molar refractivity (Wildman–Crippen MR) is 123 cm³/mol. The molecule has 0 atom stereocenters. The van der Waals surface area contributed by atoms with Crippen LogP contribution in [0.15, 0.2) is 51.5 Å². The summed E-state index contributed by atoms with van der Waals surface area (Å²) in [6.45, 7) is 8.04. The SMILES string of the molecule is COc1c(C(C)(C)C)cc(-n2ccc(=O)[nH]c2=O)c(F)c1-c1ccc2c(C)csc2c1. The third kappa shape index (κ3) is 3.59. The fourth-order valence-electron chi connectivity index (χ4n) is 3.75. The molecule has 0 unspecified atom stereocenters. The molecule has 0 fully saturated rings. The van der Waals surface area contributed by atoms with E-state index >= 15 is 4.39 Å². The Bertz CT molecular complexity index is 1420. The Hall–Kier alpha value is -3.19. The van der Waals surface area contributed by atoms with Crippen LogP contribution in [-0.4, -0.2) is 16.7 Å². The second kappa shape index (κ2) is 7.50. The highest BCUT2D eigenvalue weighted by Crippen LogP contribution is 2.44. The number of nitrogens with one attached hydrogen (secondary N) is 1. The fraction of sp³-hybridized carbons (Fsp3) is 0.250. The number of halogens is 1. The quantitative estimate of drug-likeness (QED) is 0.480. The van der Waals surface area contributed by atoms with Gasteiger partial charge in [-0.15, -0.1) is 11.3 Å². The summed E-state index contributed by atoms with van der Waals surface area (Å²) in [6.07, 6.45) is 1.29. The number of aryl methyl sites for hydroxylation is 1. The average Bonchev–Trinajstić information content (AvgIpc) is 3.07. The van der Waals surface area contributed by atoms with Crippen molar-refractivity contribution in [1.82, 2.24) is 9.55 Å². The molecule has 7 heteroatoms. The van der Waals surface area contributed by atoms with Gasteiger partial charge in [0.05, 0.1) is 18.4 Å². The maximum atomic E-state index is 16.0. The molecule has 5 nitrogen and oxygen atoms in total. The summed E-state index contributed by atoms with van der Waals surface area (Å²) in [7, 11) is 1.52. The lowest BCUT2D eigenvalue weighted by Crippen LogP contribution is -2.28. The first-order chi connectivity index (χ1) is 14.6. The minimum absolute atomic E-state index is 0.0597. The van der Waals surface area contributed by atoms with Crippen molar-refractivity contribution in [2.45, 2.75) is 33.1 Å². The van der Waals surface area contributed by atoms with Crippen molar-refractivity contribution in [3.05, 3.63) is 79.7 Å². The highest BCUT2D eigenvalue weighted by Gasteiger charge is 2.28. The lowest BCUT2D eigenvalue weighted by molar-refractivity contribution is 0.396. The molecule has 31 heavy (non-hydrogen) atoms. The van der Waals surface area contributed by atoms with E-state index in [0.717, 1.165) is 20.2 Å². The van der Waals surface area contributed by atoms with Crippen LogP contribution < -0.4 is 16.0 Å². The molecule has 4 rings (SSSR count). The molecular formula is C24H23FN2O3S. The first-order valence-electron chi connectivity index (χ1n) is 9.83. The number of thiophene rings is 1. The van der Waals surface area contributed by atoms with E-state index in [-0.39, 0.29) is 11.3 Å². The van der Waals surface area contributed by atoms with Crippen molar-refractivity contribution >= 4 is 21.4 Å². The molecule has 0 spiro atoms. The zero-order valence-electron chi connectivity index (χ0n) is 18.0. The summed E-state index contributed by atoms with van der Waals surface area (Å²) in [5.74, 6) is -0.162. The maximum Gasteiger partial charge on any atom is 0.333 e. The van der Waals surface area contributed by atoms with E-state index in [1.54, 1.807) is 17.4 Å². The fourth-order valence-corrected chi connectivity index (χ4v) is 4.74. The van der Waals surface area contributed by atoms with Gasteiger partial charge >= 0.3 is 5.69 Å². The number of hydrogen-bond acceptors (Lipinski definition) is 4. The van der Waals surface area contributed by atoms with Crippen LogP contribution in [0, 0.1) is 12.7 Å². The highest BCUT2D eigenvalue weighted by molar-refractivity contribution is 7.17. The highest BCUT2D eigenvalue weighted by atomic mass is 32.1. The second-order valence-corrected chi connectivity index (χ2v) is 9.44. The summed E-state index contributed by atoms with van der Waals surface area (Å²) < 4.78 is 23.9. The van der Waals surface area contributed by atoms with Crippen LogP contribution in [0.2, 0.25) is 0 Å². The van der Waals surface area contributed by atoms with Gasteiger partial charge < -0.3 is 4.74 Å². The molecule has 2 heterocycles. The van der Waals surface area contributed by atoms with Crippen LogP contribution in [0.1, 0.15) is 31.9 Å². The number of hydrogen-bond donors (Lipinski definition) is 1. The third-order valence-corrected chi connectivity index (χ3v) is 6.41. The van der Waals surface area contributed by atoms with E-state index in [1.165, 1.54) is 24.9 Å². The first-order valence-corrected chi connectivity index (χ1v) is 10.7. The molecule has 2 aromatic carbocycles. The minimum Gasteiger partial charge on any atom is -0.496 e. The number of H-pyrrole nitrogens is 1. The van der Waals surface area contributed by atoms with Crippen LogP contribution in [0.25, 0.3) is 26.9 Å². The van der Waals surface area contributed by atoms with Crippen LogP contribution in [0.4, 0.5) is 4.39 Å². The summed E-state index contributed by atoms with van der Waals surface area (Å²) in [5, 5.41) is 3.19. The van der Waals surface area contributed by atoms with Gasteiger partial charge in [0, 0.05) is 22.5 Å². The molecule has 160 valence electrons. The molecule has 0 saturated carbocycles. The van der Waals surface area contributed by atoms with E-state index in [1.807, 2.05) is 45.9 Å². The maximum absolute atomic E-state index is 16.0. The normalized spacial score (nSPS) is 11.8. The molecule has 0 radical (unpaired) electrons. The Morgan fingerprint density at radius 1 is 1.13 bits per heavy atom. The number of nitrogens with zero attached hydrogens (tertiary/aromatic N) is 1. The Kier molecular flexibility index (Phi) is 5.09. The van der Waals surface area contributed by atoms with Gasteiger partial charge in [-0.3, -0.25) is 14.3 Å². The third-order valence-electron chi connectivity index (χ3n) is 5.35. The Labute approximate surface area is 182 Å². The number of ether oxygens (including phenoxy) is 1. The molecule has 0 aliphatic rings. The second-order valence-electron chi connectivity index (χ2n) is 8.53. The van der Waals surface area contributed by atoms with Gasteiger partial charge in [-0.1, -0.05) is 32.9 Å². The number of aromatic amines is 1. The van der Waals surface area contributed by atoms with E-state index in [9.17, 15) is 9.59 Å². The van der Waals surface area contributed by atoms with Gasteiger partial charge in [-0.05, 0) is 46.4 Å². The first kappa shape index (κ1) is 21.1. The predicted octanol–water partition coefficient (Wildman–Crippen LogP) is 5.16. The van der Waals surface area contributed by atoms with Crippen molar-refractivity contribution in [3.8, 4) is 22.6 Å². The molecule has 0 aliphatic carbocycles. The lowest BCUT2D eigenvalue weighted by Gasteiger charge is -2.26. The number of aromatic nitrogens is 2. The molecule has 1 N–H and O–H groups in total. The van der Waals surface area contributed by atoms with E-state index in [2.05, 4.69) is 10.4 Å². The molecular weight excluding hydrogens is 415 g/mol. The molecule has 2 aromatic heterocycles. The Morgan fingerprint density at radius 3 is 2.52 bits per heavy atom. The molecule has 4 aromatic rings.